The molecule has 31 heavy (non-hydrogen) atoms. The van der Waals surface area contributed by atoms with Gasteiger partial charge in [0, 0.05) is 29.9 Å². The normalized spacial score (nSPS) is 11.8. The Morgan fingerprint density at radius 2 is 2.06 bits per heavy atom. The van der Waals surface area contributed by atoms with Crippen LogP contribution in [0.2, 0.25) is 0 Å². The van der Waals surface area contributed by atoms with Crippen molar-refractivity contribution in [1.82, 2.24) is 25.3 Å². The average Bonchev–Trinajstić information content (AvgIpc) is 3.17. The quantitative estimate of drug-likeness (QED) is 0.455. The number of thiophene rings is 1. The summed E-state index contributed by atoms with van der Waals surface area (Å²) in [5, 5.41) is 6.18. The molecule has 2 N–H and O–H groups in total. The lowest BCUT2D eigenvalue weighted by molar-refractivity contribution is 0.0948. The zero-order valence-electron chi connectivity index (χ0n) is 17.4. The lowest BCUT2D eigenvalue weighted by Crippen LogP contribution is -2.24. The van der Waals surface area contributed by atoms with Crippen molar-refractivity contribution in [2.75, 3.05) is 12.4 Å². The minimum Gasteiger partial charge on any atom is -0.481 e. The highest BCUT2D eigenvalue weighted by molar-refractivity contribution is 7.19. The maximum atomic E-state index is 13.0. The van der Waals surface area contributed by atoms with Crippen LogP contribution in [0.4, 0.5) is 5.95 Å². The molecular weight excluding hydrogens is 412 g/mol. The summed E-state index contributed by atoms with van der Waals surface area (Å²) in [6.45, 7) is 4.30. The second-order valence-corrected chi connectivity index (χ2v) is 8.24. The first-order valence-corrected chi connectivity index (χ1v) is 10.6. The monoisotopic (exact) mass is 434 g/mol. The van der Waals surface area contributed by atoms with Gasteiger partial charge in [-0.25, -0.2) is 15.0 Å². The smallest absolute Gasteiger partial charge is 0.271 e. The van der Waals surface area contributed by atoms with E-state index in [0.29, 0.717) is 24.1 Å². The molecule has 4 aromatic heterocycles. The number of carbonyl (C=O) groups is 1. The van der Waals surface area contributed by atoms with E-state index in [0.717, 1.165) is 26.4 Å². The summed E-state index contributed by atoms with van der Waals surface area (Å²) in [6, 6.07) is 11.2. The van der Waals surface area contributed by atoms with Gasteiger partial charge in [0.25, 0.3) is 5.91 Å². The lowest BCUT2D eigenvalue weighted by atomic mass is 10.2. The van der Waals surface area contributed by atoms with Gasteiger partial charge < -0.3 is 15.4 Å². The number of nitrogens with one attached hydrogen (secondary N) is 2. The van der Waals surface area contributed by atoms with E-state index in [4.69, 9.17) is 4.74 Å². The fourth-order valence-corrected chi connectivity index (χ4v) is 4.01. The molecule has 0 aliphatic carbocycles. The molecule has 1 unspecified atom stereocenters. The Labute approximate surface area is 183 Å². The SMILES string of the molecule is COc1ccc(CNC(=O)c2nc(NC(C)c3ccccn3)nc3cc(C)sc23)cn1. The number of nitrogens with zero attached hydrogens (tertiary/aromatic N) is 4. The van der Waals surface area contributed by atoms with Gasteiger partial charge in [-0.1, -0.05) is 12.1 Å². The predicted octanol–water partition coefficient (Wildman–Crippen LogP) is 3.90. The molecular formula is C22H22N6O2S. The summed E-state index contributed by atoms with van der Waals surface area (Å²) in [5.41, 5.74) is 2.82. The molecule has 0 radical (unpaired) electrons. The van der Waals surface area contributed by atoms with E-state index in [9.17, 15) is 4.79 Å². The Morgan fingerprint density at radius 3 is 2.77 bits per heavy atom. The summed E-state index contributed by atoms with van der Waals surface area (Å²) in [7, 11) is 1.56. The molecule has 0 fully saturated rings. The third kappa shape index (κ3) is 4.77. The molecule has 0 bridgehead atoms. The number of fused-ring (bicyclic) bond motifs is 1. The number of rotatable bonds is 7. The first-order chi connectivity index (χ1) is 15.0. The first-order valence-electron chi connectivity index (χ1n) is 9.76. The molecule has 0 spiro atoms. The average molecular weight is 435 g/mol. The molecule has 4 rings (SSSR count). The Kier molecular flexibility index (Phi) is 6.03. The molecule has 0 aromatic carbocycles. The van der Waals surface area contributed by atoms with Crippen LogP contribution in [0.25, 0.3) is 10.2 Å². The van der Waals surface area contributed by atoms with Gasteiger partial charge in [-0.3, -0.25) is 9.78 Å². The lowest BCUT2D eigenvalue weighted by Gasteiger charge is -2.14. The van der Waals surface area contributed by atoms with E-state index in [1.54, 1.807) is 25.6 Å². The van der Waals surface area contributed by atoms with Crippen LogP contribution in [0.5, 0.6) is 5.88 Å². The van der Waals surface area contributed by atoms with Crippen molar-refractivity contribution in [1.29, 1.82) is 0 Å². The largest absolute Gasteiger partial charge is 0.481 e. The highest BCUT2D eigenvalue weighted by atomic mass is 32.1. The highest BCUT2D eigenvalue weighted by Gasteiger charge is 2.18. The van der Waals surface area contributed by atoms with Crippen molar-refractivity contribution in [3.63, 3.8) is 0 Å². The molecule has 0 aliphatic rings. The number of hydrogen-bond acceptors (Lipinski definition) is 8. The number of anilines is 1. The minimum atomic E-state index is -0.265. The fraction of sp³-hybridized carbons (Fsp3) is 0.227. The summed E-state index contributed by atoms with van der Waals surface area (Å²) in [6.07, 6.45) is 3.41. The number of aromatic nitrogens is 4. The van der Waals surface area contributed by atoms with Crippen LogP contribution in [-0.2, 0) is 6.54 Å². The molecule has 0 aliphatic heterocycles. The third-order valence-corrected chi connectivity index (χ3v) is 5.69. The number of aryl methyl sites for hydroxylation is 1. The van der Waals surface area contributed by atoms with E-state index >= 15 is 0 Å². The maximum Gasteiger partial charge on any atom is 0.271 e. The highest BCUT2D eigenvalue weighted by Crippen LogP contribution is 2.28. The topological polar surface area (TPSA) is 102 Å². The van der Waals surface area contributed by atoms with E-state index in [1.165, 1.54) is 11.3 Å². The third-order valence-electron chi connectivity index (χ3n) is 4.65. The Morgan fingerprint density at radius 1 is 1.19 bits per heavy atom. The molecule has 4 heterocycles. The van der Waals surface area contributed by atoms with Crippen molar-refractivity contribution < 1.29 is 9.53 Å². The molecule has 0 saturated carbocycles. The Balaban J connectivity index is 1.57. The zero-order valence-corrected chi connectivity index (χ0v) is 18.2. The number of pyridine rings is 2. The summed E-state index contributed by atoms with van der Waals surface area (Å²) in [4.78, 5) is 31.7. The van der Waals surface area contributed by atoms with Crippen LogP contribution in [0.3, 0.4) is 0 Å². The van der Waals surface area contributed by atoms with Crippen molar-refractivity contribution in [2.45, 2.75) is 26.4 Å². The van der Waals surface area contributed by atoms with Gasteiger partial charge in [-0.05, 0) is 37.6 Å². The van der Waals surface area contributed by atoms with E-state index in [1.807, 2.05) is 44.2 Å². The molecule has 9 heteroatoms. The molecule has 8 nitrogen and oxygen atoms in total. The Hall–Kier alpha value is -3.59. The number of carbonyl (C=O) groups excluding carboxylic acids is 1. The summed E-state index contributed by atoms with van der Waals surface area (Å²) < 4.78 is 5.83. The van der Waals surface area contributed by atoms with Crippen molar-refractivity contribution in [3.8, 4) is 5.88 Å². The Bertz CT molecular complexity index is 1190. The van der Waals surface area contributed by atoms with E-state index < -0.39 is 0 Å². The molecule has 158 valence electrons. The zero-order chi connectivity index (χ0) is 21.8. The van der Waals surface area contributed by atoms with Crippen LogP contribution >= 0.6 is 11.3 Å². The van der Waals surface area contributed by atoms with Crippen LogP contribution in [0, 0.1) is 6.92 Å². The van der Waals surface area contributed by atoms with Crippen molar-refractivity contribution in [3.05, 3.63) is 70.6 Å². The summed E-state index contributed by atoms with van der Waals surface area (Å²) >= 11 is 1.50. The molecule has 1 amide bonds. The van der Waals surface area contributed by atoms with E-state index in [2.05, 4.69) is 30.6 Å². The number of hydrogen-bond donors (Lipinski definition) is 2. The van der Waals surface area contributed by atoms with Gasteiger partial charge in [-0.2, -0.15) is 0 Å². The van der Waals surface area contributed by atoms with Gasteiger partial charge in [0.05, 0.1) is 29.1 Å². The first kappa shape index (κ1) is 20.7. The summed E-state index contributed by atoms with van der Waals surface area (Å²) in [5.74, 6) is 0.651. The number of amides is 1. The van der Waals surface area contributed by atoms with Crippen molar-refractivity contribution >= 4 is 33.4 Å². The number of ether oxygens (including phenoxy) is 1. The molecule has 0 saturated heterocycles. The number of methoxy groups -OCH3 is 1. The van der Waals surface area contributed by atoms with Gasteiger partial charge in [-0.15, -0.1) is 11.3 Å². The van der Waals surface area contributed by atoms with Crippen LogP contribution in [-0.4, -0.2) is 33.0 Å². The predicted molar refractivity (Wildman–Crippen MR) is 120 cm³/mol. The fourth-order valence-electron chi connectivity index (χ4n) is 3.07. The van der Waals surface area contributed by atoms with E-state index in [-0.39, 0.29) is 11.9 Å². The second kappa shape index (κ2) is 9.05. The molecule has 4 aromatic rings. The maximum absolute atomic E-state index is 13.0. The van der Waals surface area contributed by atoms with Gasteiger partial charge in [0.2, 0.25) is 11.8 Å². The van der Waals surface area contributed by atoms with Crippen LogP contribution < -0.4 is 15.4 Å². The molecule has 1 atom stereocenters. The van der Waals surface area contributed by atoms with Gasteiger partial charge >= 0.3 is 0 Å². The second-order valence-electron chi connectivity index (χ2n) is 6.98. The van der Waals surface area contributed by atoms with Crippen LogP contribution in [0.1, 0.15) is 39.6 Å². The standard InChI is InChI=1S/C22H22N6O2S/c1-13-10-17-20(31-13)19(21(29)25-12-15-7-8-18(30-3)24-11-15)28-22(27-17)26-14(2)16-6-4-5-9-23-16/h4-11,14H,12H2,1-3H3,(H,25,29)(H,26,27,28). The van der Waals surface area contributed by atoms with Crippen LogP contribution in [0.15, 0.2) is 48.8 Å². The van der Waals surface area contributed by atoms with Gasteiger partial charge in [0.1, 0.15) is 0 Å². The van der Waals surface area contributed by atoms with Crippen molar-refractivity contribution in [2.24, 2.45) is 0 Å². The van der Waals surface area contributed by atoms with Gasteiger partial charge in [0.15, 0.2) is 5.69 Å². The minimum absolute atomic E-state index is 0.111.